The van der Waals surface area contributed by atoms with Crippen LogP contribution >= 0.6 is 0 Å². The summed E-state index contributed by atoms with van der Waals surface area (Å²) in [7, 11) is 0. The number of nitrogens with one attached hydrogen (secondary N) is 1. The Bertz CT molecular complexity index is 778. The lowest BCUT2D eigenvalue weighted by Gasteiger charge is -2.31. The van der Waals surface area contributed by atoms with Crippen molar-refractivity contribution in [3.05, 3.63) is 42.3 Å². The van der Waals surface area contributed by atoms with Crippen LogP contribution in [0.3, 0.4) is 0 Å². The molecular formula is C21H27FN4O2. The lowest BCUT2D eigenvalue weighted by atomic mass is 10.1. The Morgan fingerprint density at radius 2 is 1.82 bits per heavy atom. The van der Waals surface area contributed by atoms with Gasteiger partial charge in [0, 0.05) is 19.2 Å². The number of hydrogen-bond donors (Lipinski definition) is 1. The summed E-state index contributed by atoms with van der Waals surface area (Å²) in [6, 6.07) is 8.41. The number of carbonyl (C=O) groups excluding carboxylic acids is 1. The summed E-state index contributed by atoms with van der Waals surface area (Å²) in [5.41, 5.74) is 0. The average Bonchev–Trinajstić information content (AvgIpc) is 3.37. The molecule has 4 rings (SSSR count). The zero-order chi connectivity index (χ0) is 19.3. The molecule has 1 saturated carbocycles. The molecule has 0 unspecified atom stereocenters. The molecule has 1 aromatic carbocycles. The second-order valence-electron chi connectivity index (χ2n) is 7.69. The predicted molar refractivity (Wildman–Crippen MR) is 105 cm³/mol. The topological polar surface area (TPSA) is 59.4 Å². The largest absolute Gasteiger partial charge is 0.490 e. The minimum Gasteiger partial charge on any atom is -0.490 e. The van der Waals surface area contributed by atoms with Crippen molar-refractivity contribution in [2.75, 3.05) is 25.0 Å². The van der Waals surface area contributed by atoms with Crippen LogP contribution in [0, 0.1) is 5.82 Å². The number of anilines is 1. The molecule has 1 N–H and O–H groups in total. The van der Waals surface area contributed by atoms with Gasteiger partial charge in [0.25, 0.3) is 0 Å². The van der Waals surface area contributed by atoms with E-state index in [1.165, 1.54) is 25.0 Å². The number of ether oxygens (including phenoxy) is 1. The van der Waals surface area contributed by atoms with Crippen LogP contribution in [0.4, 0.5) is 10.2 Å². The Morgan fingerprint density at radius 3 is 2.54 bits per heavy atom. The lowest BCUT2D eigenvalue weighted by Crippen LogP contribution is -2.42. The molecule has 0 spiro atoms. The molecule has 1 saturated heterocycles. The normalized spacial score (nSPS) is 19.0. The molecule has 150 valence electrons. The number of likely N-dealkylation sites (tertiary alicyclic amines) is 1. The summed E-state index contributed by atoms with van der Waals surface area (Å²) in [6.07, 6.45) is 8.29. The number of benzene rings is 1. The van der Waals surface area contributed by atoms with Crippen molar-refractivity contribution >= 4 is 11.7 Å². The zero-order valence-electron chi connectivity index (χ0n) is 16.0. The van der Waals surface area contributed by atoms with E-state index < -0.39 is 0 Å². The van der Waals surface area contributed by atoms with E-state index in [1.807, 2.05) is 10.7 Å². The highest BCUT2D eigenvalue weighted by molar-refractivity contribution is 5.91. The van der Waals surface area contributed by atoms with Crippen LogP contribution in [-0.4, -0.2) is 46.3 Å². The van der Waals surface area contributed by atoms with Gasteiger partial charge in [-0.05, 0) is 49.9 Å². The molecule has 0 radical (unpaired) electrons. The maximum atomic E-state index is 13.0. The Hall–Kier alpha value is -2.41. The quantitative estimate of drug-likeness (QED) is 0.824. The van der Waals surface area contributed by atoms with Crippen LogP contribution in [0.15, 0.2) is 36.5 Å². The highest BCUT2D eigenvalue weighted by Crippen LogP contribution is 2.31. The van der Waals surface area contributed by atoms with E-state index >= 15 is 0 Å². The number of piperidine rings is 1. The molecule has 1 aliphatic heterocycles. The SMILES string of the molecule is O=C(CN1CCC(Oc2ccc(F)cc2)CC1)Nc1ccnn1C1CCCC1. The Morgan fingerprint density at radius 1 is 1.11 bits per heavy atom. The van der Waals surface area contributed by atoms with E-state index in [2.05, 4.69) is 15.3 Å². The summed E-state index contributed by atoms with van der Waals surface area (Å²) in [4.78, 5) is 14.6. The maximum Gasteiger partial charge on any atom is 0.239 e. The predicted octanol–water partition coefficient (Wildman–Crippen LogP) is 3.62. The van der Waals surface area contributed by atoms with Gasteiger partial charge in [-0.2, -0.15) is 5.10 Å². The van der Waals surface area contributed by atoms with Gasteiger partial charge in [-0.15, -0.1) is 0 Å². The monoisotopic (exact) mass is 386 g/mol. The Balaban J connectivity index is 1.23. The number of halogens is 1. The fraction of sp³-hybridized carbons (Fsp3) is 0.524. The fourth-order valence-electron chi connectivity index (χ4n) is 4.13. The second-order valence-corrected chi connectivity index (χ2v) is 7.69. The third-order valence-electron chi connectivity index (χ3n) is 5.63. The molecule has 7 heteroatoms. The van der Waals surface area contributed by atoms with Crippen molar-refractivity contribution in [1.82, 2.24) is 14.7 Å². The minimum atomic E-state index is -0.262. The molecule has 6 nitrogen and oxygen atoms in total. The van der Waals surface area contributed by atoms with Gasteiger partial charge in [-0.3, -0.25) is 9.69 Å². The Labute approximate surface area is 164 Å². The average molecular weight is 386 g/mol. The van der Waals surface area contributed by atoms with Crippen LogP contribution in [-0.2, 0) is 4.79 Å². The standard InChI is InChI=1S/C21H27FN4O2/c22-16-5-7-18(8-6-16)28-19-10-13-25(14-11-19)15-21(27)24-20-9-12-23-26(20)17-3-1-2-4-17/h5-9,12,17,19H,1-4,10-11,13-15H2,(H,24,27). The van der Waals surface area contributed by atoms with Crippen LogP contribution in [0.1, 0.15) is 44.6 Å². The third kappa shape index (κ3) is 4.70. The number of hydrogen-bond acceptors (Lipinski definition) is 4. The summed E-state index contributed by atoms with van der Waals surface area (Å²) in [5.74, 6) is 1.23. The molecule has 0 bridgehead atoms. The highest BCUT2D eigenvalue weighted by atomic mass is 19.1. The second kappa shape index (κ2) is 8.73. The molecule has 2 aromatic rings. The zero-order valence-corrected chi connectivity index (χ0v) is 16.0. The van der Waals surface area contributed by atoms with Gasteiger partial charge >= 0.3 is 0 Å². The van der Waals surface area contributed by atoms with E-state index in [-0.39, 0.29) is 17.8 Å². The first-order valence-corrected chi connectivity index (χ1v) is 10.2. The fourth-order valence-corrected chi connectivity index (χ4v) is 4.13. The molecule has 1 aliphatic carbocycles. The Kier molecular flexibility index (Phi) is 5.90. The summed E-state index contributed by atoms with van der Waals surface area (Å²) < 4.78 is 20.9. The van der Waals surface area contributed by atoms with E-state index in [9.17, 15) is 9.18 Å². The van der Waals surface area contributed by atoms with Crippen molar-refractivity contribution in [3.63, 3.8) is 0 Å². The third-order valence-corrected chi connectivity index (χ3v) is 5.63. The van der Waals surface area contributed by atoms with Gasteiger partial charge in [0.15, 0.2) is 0 Å². The summed E-state index contributed by atoms with van der Waals surface area (Å²) >= 11 is 0. The van der Waals surface area contributed by atoms with Gasteiger partial charge < -0.3 is 10.1 Å². The number of rotatable bonds is 6. The lowest BCUT2D eigenvalue weighted by molar-refractivity contribution is -0.117. The van der Waals surface area contributed by atoms with E-state index in [0.717, 1.165) is 44.6 Å². The smallest absolute Gasteiger partial charge is 0.239 e. The molecule has 2 aliphatic rings. The van der Waals surface area contributed by atoms with E-state index in [4.69, 9.17) is 4.74 Å². The number of nitrogens with zero attached hydrogens (tertiary/aromatic N) is 3. The van der Waals surface area contributed by atoms with Crippen LogP contribution in [0.25, 0.3) is 0 Å². The number of carbonyl (C=O) groups is 1. The van der Waals surface area contributed by atoms with E-state index in [1.54, 1.807) is 18.3 Å². The summed E-state index contributed by atoms with van der Waals surface area (Å²) in [6.45, 7) is 1.99. The van der Waals surface area contributed by atoms with Gasteiger partial charge in [0.05, 0.1) is 18.8 Å². The molecule has 1 aromatic heterocycles. The van der Waals surface area contributed by atoms with Crippen molar-refractivity contribution in [2.24, 2.45) is 0 Å². The molecule has 1 amide bonds. The van der Waals surface area contributed by atoms with Crippen molar-refractivity contribution in [2.45, 2.75) is 50.7 Å². The number of aromatic nitrogens is 2. The molecule has 0 atom stereocenters. The van der Waals surface area contributed by atoms with Crippen molar-refractivity contribution in [1.29, 1.82) is 0 Å². The van der Waals surface area contributed by atoms with Gasteiger partial charge in [-0.25, -0.2) is 9.07 Å². The first-order chi connectivity index (χ1) is 13.7. The van der Waals surface area contributed by atoms with Gasteiger partial charge in [0.2, 0.25) is 5.91 Å². The van der Waals surface area contributed by atoms with Crippen LogP contribution < -0.4 is 10.1 Å². The minimum absolute atomic E-state index is 0.00218. The first kappa shape index (κ1) is 18.9. The molecule has 2 fully saturated rings. The van der Waals surface area contributed by atoms with Crippen LogP contribution in [0.5, 0.6) is 5.75 Å². The van der Waals surface area contributed by atoms with E-state index in [0.29, 0.717) is 18.3 Å². The first-order valence-electron chi connectivity index (χ1n) is 10.2. The molecular weight excluding hydrogens is 359 g/mol. The van der Waals surface area contributed by atoms with Crippen molar-refractivity contribution in [3.8, 4) is 5.75 Å². The molecule has 2 heterocycles. The van der Waals surface area contributed by atoms with Gasteiger partial charge in [0.1, 0.15) is 23.5 Å². The van der Waals surface area contributed by atoms with Crippen molar-refractivity contribution < 1.29 is 13.9 Å². The summed E-state index contributed by atoms with van der Waals surface area (Å²) in [5, 5.41) is 7.43. The van der Waals surface area contributed by atoms with Crippen LogP contribution in [0.2, 0.25) is 0 Å². The highest BCUT2D eigenvalue weighted by Gasteiger charge is 2.24. The molecule has 28 heavy (non-hydrogen) atoms. The number of amides is 1. The maximum absolute atomic E-state index is 13.0. The van der Waals surface area contributed by atoms with Gasteiger partial charge in [-0.1, -0.05) is 12.8 Å².